The largest absolute Gasteiger partial charge is 0.504 e. The van der Waals surface area contributed by atoms with E-state index in [0.717, 1.165) is 0 Å². The maximum absolute atomic E-state index is 11.0. The molecule has 5 heteroatoms. The molecule has 0 radical (unpaired) electrons. The second kappa shape index (κ2) is 2.29. The molecule has 0 spiro atoms. The van der Waals surface area contributed by atoms with Crippen LogP contribution in [-0.4, -0.2) is 9.67 Å². The van der Waals surface area contributed by atoms with Gasteiger partial charge in [0.05, 0.1) is 5.52 Å². The van der Waals surface area contributed by atoms with Crippen LogP contribution in [0.3, 0.4) is 0 Å². The molecule has 0 aliphatic rings. The van der Waals surface area contributed by atoms with Crippen LogP contribution in [0.5, 0.6) is 5.75 Å². The average molecular weight is 180 g/mol. The molecule has 1 heterocycles. The molecule has 68 valence electrons. The minimum Gasteiger partial charge on any atom is -0.504 e. The van der Waals surface area contributed by atoms with Gasteiger partial charge in [0, 0.05) is 18.8 Å². The Morgan fingerprint density at radius 3 is 2.92 bits per heavy atom. The van der Waals surface area contributed by atoms with E-state index in [-0.39, 0.29) is 11.3 Å². The lowest BCUT2D eigenvalue weighted by Crippen LogP contribution is -2.08. The normalized spacial score (nSPS) is 10.8. The predicted molar refractivity (Wildman–Crippen MR) is 47.5 cm³/mol. The number of hydrogen-bond donors (Lipinski definition) is 2. The van der Waals surface area contributed by atoms with Crippen LogP contribution in [0.4, 0.5) is 5.69 Å². The number of rotatable bonds is 0. The molecule has 0 amide bonds. The van der Waals surface area contributed by atoms with Crippen molar-refractivity contribution >= 4 is 16.8 Å². The van der Waals surface area contributed by atoms with Gasteiger partial charge in [0.1, 0.15) is 0 Å². The van der Waals surface area contributed by atoms with Crippen molar-refractivity contribution in [2.75, 3.05) is 5.73 Å². The van der Waals surface area contributed by atoms with Gasteiger partial charge in [-0.1, -0.05) is 0 Å². The van der Waals surface area contributed by atoms with Crippen LogP contribution in [-0.2, 0) is 7.05 Å². The standard InChI is InChI=1S/C8H8N2O3/c1-10-5-2-4(9)3-6(11)7(5)13-8(10)12/h2-3,11H,9H2,1H3. The minimum absolute atomic E-state index is 0.118. The lowest BCUT2D eigenvalue weighted by atomic mass is 10.2. The van der Waals surface area contributed by atoms with Crippen LogP contribution in [0.25, 0.3) is 11.1 Å². The van der Waals surface area contributed by atoms with Crippen LogP contribution in [0.15, 0.2) is 21.3 Å². The number of phenolic OH excluding ortho intramolecular Hbond substituents is 1. The van der Waals surface area contributed by atoms with Crippen molar-refractivity contribution in [3.63, 3.8) is 0 Å². The topological polar surface area (TPSA) is 81.4 Å². The molecule has 2 rings (SSSR count). The van der Waals surface area contributed by atoms with Gasteiger partial charge in [-0.25, -0.2) is 4.79 Å². The molecule has 5 nitrogen and oxygen atoms in total. The fraction of sp³-hybridized carbons (Fsp3) is 0.125. The maximum atomic E-state index is 11.0. The molecular formula is C8H8N2O3. The molecule has 0 atom stereocenters. The van der Waals surface area contributed by atoms with Crippen LogP contribution < -0.4 is 11.5 Å². The number of nitrogens with zero attached hydrogens (tertiary/aromatic N) is 1. The predicted octanol–water partition coefficient (Wildman–Crippen LogP) is 0.419. The highest BCUT2D eigenvalue weighted by Gasteiger charge is 2.10. The number of nitrogen functional groups attached to an aromatic ring is 1. The summed E-state index contributed by atoms with van der Waals surface area (Å²) in [5.41, 5.74) is 6.53. The number of aromatic nitrogens is 1. The lowest BCUT2D eigenvalue weighted by molar-refractivity contribution is 0.455. The molecule has 2 aromatic rings. The summed E-state index contributed by atoms with van der Waals surface area (Å²) in [5, 5.41) is 9.36. The summed E-state index contributed by atoms with van der Waals surface area (Å²) in [4.78, 5) is 11.0. The number of hydrogen-bond acceptors (Lipinski definition) is 4. The van der Waals surface area contributed by atoms with Crippen LogP contribution in [0.2, 0.25) is 0 Å². The van der Waals surface area contributed by atoms with Gasteiger partial charge in [-0.05, 0) is 6.07 Å². The number of fused-ring (bicyclic) bond motifs is 1. The Morgan fingerprint density at radius 2 is 2.23 bits per heavy atom. The van der Waals surface area contributed by atoms with E-state index in [0.29, 0.717) is 11.2 Å². The van der Waals surface area contributed by atoms with E-state index >= 15 is 0 Å². The van der Waals surface area contributed by atoms with Gasteiger partial charge in [-0.15, -0.1) is 0 Å². The number of aryl methyl sites for hydroxylation is 1. The summed E-state index contributed by atoms with van der Waals surface area (Å²) in [5.74, 6) is -0.636. The van der Waals surface area contributed by atoms with Crippen molar-refractivity contribution in [2.45, 2.75) is 0 Å². The zero-order valence-electron chi connectivity index (χ0n) is 6.94. The molecule has 1 aromatic carbocycles. The molecule has 0 saturated carbocycles. The van der Waals surface area contributed by atoms with Gasteiger partial charge in [0.2, 0.25) is 0 Å². The molecule has 0 fully saturated rings. The summed E-state index contributed by atoms with van der Waals surface area (Å²) in [6, 6.07) is 2.91. The van der Waals surface area contributed by atoms with E-state index in [4.69, 9.17) is 10.2 Å². The van der Waals surface area contributed by atoms with E-state index in [2.05, 4.69) is 0 Å². The third kappa shape index (κ3) is 0.970. The molecule has 0 aliphatic carbocycles. The SMILES string of the molecule is Cn1c(=O)oc2c(O)cc(N)cc21. The Hall–Kier alpha value is -1.91. The number of oxazole rings is 1. The quantitative estimate of drug-likeness (QED) is 0.575. The Labute approximate surface area is 73.0 Å². The summed E-state index contributed by atoms with van der Waals surface area (Å²) in [6.45, 7) is 0. The highest BCUT2D eigenvalue weighted by Crippen LogP contribution is 2.26. The molecule has 0 bridgehead atoms. The van der Waals surface area contributed by atoms with Crippen LogP contribution >= 0.6 is 0 Å². The first kappa shape index (κ1) is 7.72. The first-order valence-electron chi connectivity index (χ1n) is 3.67. The van der Waals surface area contributed by atoms with Gasteiger partial charge in [-0.3, -0.25) is 4.57 Å². The summed E-state index contributed by atoms with van der Waals surface area (Å²) >= 11 is 0. The number of phenols is 1. The monoisotopic (exact) mass is 180 g/mol. The third-order valence-corrected chi connectivity index (χ3v) is 1.90. The fourth-order valence-corrected chi connectivity index (χ4v) is 1.23. The van der Waals surface area contributed by atoms with Crippen molar-refractivity contribution in [2.24, 2.45) is 7.05 Å². The van der Waals surface area contributed by atoms with E-state index in [1.165, 1.54) is 10.6 Å². The van der Waals surface area contributed by atoms with E-state index in [1.54, 1.807) is 13.1 Å². The summed E-state index contributed by atoms with van der Waals surface area (Å²) in [7, 11) is 1.55. The average Bonchev–Trinajstić information content (AvgIpc) is 2.32. The second-order valence-electron chi connectivity index (χ2n) is 2.82. The molecular weight excluding hydrogens is 172 g/mol. The van der Waals surface area contributed by atoms with Gasteiger partial charge >= 0.3 is 5.76 Å². The van der Waals surface area contributed by atoms with Crippen molar-refractivity contribution in [3.8, 4) is 5.75 Å². The summed E-state index contributed by atoms with van der Waals surface area (Å²) < 4.78 is 6.07. The van der Waals surface area contributed by atoms with Crippen LogP contribution in [0, 0.1) is 0 Å². The van der Waals surface area contributed by atoms with Gasteiger partial charge in [-0.2, -0.15) is 0 Å². The van der Waals surface area contributed by atoms with Crippen molar-refractivity contribution in [3.05, 3.63) is 22.7 Å². The zero-order chi connectivity index (χ0) is 9.59. The Morgan fingerprint density at radius 1 is 1.54 bits per heavy atom. The second-order valence-corrected chi connectivity index (χ2v) is 2.82. The number of aromatic hydroxyl groups is 1. The summed E-state index contributed by atoms with van der Waals surface area (Å²) in [6.07, 6.45) is 0. The molecule has 3 N–H and O–H groups in total. The first-order valence-corrected chi connectivity index (χ1v) is 3.67. The maximum Gasteiger partial charge on any atom is 0.419 e. The highest BCUT2D eigenvalue weighted by molar-refractivity contribution is 5.83. The molecule has 13 heavy (non-hydrogen) atoms. The van der Waals surface area contributed by atoms with Crippen molar-refractivity contribution < 1.29 is 9.52 Å². The van der Waals surface area contributed by atoms with E-state index < -0.39 is 5.76 Å². The Bertz CT molecular complexity index is 524. The lowest BCUT2D eigenvalue weighted by Gasteiger charge is -1.96. The van der Waals surface area contributed by atoms with Crippen molar-refractivity contribution in [1.82, 2.24) is 4.57 Å². The third-order valence-electron chi connectivity index (χ3n) is 1.90. The number of benzene rings is 1. The molecule has 1 aromatic heterocycles. The van der Waals surface area contributed by atoms with Gasteiger partial charge in [0.25, 0.3) is 0 Å². The Kier molecular flexibility index (Phi) is 1.36. The number of nitrogens with two attached hydrogens (primary N) is 1. The van der Waals surface area contributed by atoms with E-state index in [1.807, 2.05) is 0 Å². The highest BCUT2D eigenvalue weighted by atomic mass is 16.4. The number of anilines is 1. The van der Waals surface area contributed by atoms with Gasteiger partial charge in [0.15, 0.2) is 11.3 Å². The van der Waals surface area contributed by atoms with Crippen LogP contribution in [0.1, 0.15) is 0 Å². The van der Waals surface area contributed by atoms with Crippen molar-refractivity contribution in [1.29, 1.82) is 0 Å². The smallest absolute Gasteiger partial charge is 0.419 e. The molecule has 0 unspecified atom stereocenters. The first-order chi connectivity index (χ1) is 6.09. The Balaban J connectivity index is 3.03. The molecule has 0 aliphatic heterocycles. The zero-order valence-corrected chi connectivity index (χ0v) is 6.94. The fourth-order valence-electron chi connectivity index (χ4n) is 1.23. The van der Waals surface area contributed by atoms with Gasteiger partial charge < -0.3 is 15.3 Å². The molecule has 0 saturated heterocycles. The minimum atomic E-state index is -0.518. The van der Waals surface area contributed by atoms with E-state index in [9.17, 15) is 9.90 Å².